The number of nitrogens with zero attached hydrogens (tertiary/aromatic N) is 3. The predicted octanol–water partition coefficient (Wildman–Crippen LogP) is 12.5. The van der Waals surface area contributed by atoms with E-state index in [0.29, 0.717) is 11.3 Å². The maximum atomic E-state index is 10.6. The minimum atomic E-state index is 0.571. The number of aromatic nitrogens is 1. The van der Waals surface area contributed by atoms with Crippen molar-refractivity contribution in [2.75, 3.05) is 0 Å². The van der Waals surface area contributed by atoms with Crippen molar-refractivity contribution >= 4 is 49.0 Å². The lowest BCUT2D eigenvalue weighted by molar-refractivity contribution is 1.17. The van der Waals surface area contributed by atoms with Gasteiger partial charge in [0, 0.05) is 10.8 Å². The molecule has 0 aliphatic heterocycles. The van der Waals surface area contributed by atoms with Gasteiger partial charge in [-0.1, -0.05) is 133 Å². The first-order valence-electron chi connectivity index (χ1n) is 16.3. The summed E-state index contributed by atoms with van der Waals surface area (Å²) >= 11 is 0. The maximum Gasteiger partial charge on any atom is 0.187 e. The van der Waals surface area contributed by atoms with Crippen molar-refractivity contribution in [1.82, 2.24) is 4.57 Å². The molecule has 0 atom stereocenters. The molecule has 8 aromatic carbocycles. The van der Waals surface area contributed by atoms with Crippen LogP contribution in [0.3, 0.4) is 0 Å². The number of nitriles is 1. The Hall–Kier alpha value is -6.94. The summed E-state index contributed by atoms with van der Waals surface area (Å²) in [6.45, 7) is 7.93. The SMILES string of the molecule is [C-]#[N+]c1ccc(-c2ccc(-n3c4ccccc4c4ccccc43)c(C#N)c2)c(-c2c3ccccc3c(-c3ccccc3)c3ccccc23)c1. The fourth-order valence-corrected chi connectivity index (χ4v) is 7.56. The molecule has 0 spiro atoms. The summed E-state index contributed by atoms with van der Waals surface area (Å²) < 4.78 is 2.19. The number of hydrogen-bond donors (Lipinski definition) is 0. The minimum absolute atomic E-state index is 0.571. The van der Waals surface area contributed by atoms with Gasteiger partial charge in [0.25, 0.3) is 0 Å². The molecule has 0 radical (unpaired) electrons. The minimum Gasteiger partial charge on any atom is -0.308 e. The monoisotopic (exact) mass is 621 g/mol. The van der Waals surface area contributed by atoms with Crippen molar-refractivity contribution in [2.24, 2.45) is 0 Å². The molecule has 0 aliphatic rings. The fourth-order valence-electron chi connectivity index (χ4n) is 7.56. The normalized spacial score (nSPS) is 11.2. The van der Waals surface area contributed by atoms with Gasteiger partial charge < -0.3 is 4.57 Å². The van der Waals surface area contributed by atoms with E-state index in [1.54, 1.807) is 0 Å². The first-order valence-corrected chi connectivity index (χ1v) is 16.3. The highest BCUT2D eigenvalue weighted by Gasteiger charge is 2.21. The first-order chi connectivity index (χ1) is 24.2. The molecule has 226 valence electrons. The number of benzene rings is 8. The van der Waals surface area contributed by atoms with Crippen LogP contribution in [0.25, 0.3) is 87.3 Å². The number of rotatable bonds is 4. The Kier molecular flexibility index (Phi) is 6.58. The molecule has 0 N–H and O–H groups in total. The summed E-state index contributed by atoms with van der Waals surface area (Å²) in [5.74, 6) is 0. The van der Waals surface area contributed by atoms with Gasteiger partial charge in [0.05, 0.1) is 28.9 Å². The summed E-state index contributed by atoms with van der Waals surface area (Å²) in [5.41, 5.74) is 10.4. The molecule has 1 aromatic heterocycles. The van der Waals surface area contributed by atoms with Gasteiger partial charge in [0.2, 0.25) is 0 Å². The predicted molar refractivity (Wildman–Crippen MR) is 203 cm³/mol. The lowest BCUT2D eigenvalue weighted by Gasteiger charge is -2.20. The van der Waals surface area contributed by atoms with Crippen LogP contribution < -0.4 is 0 Å². The summed E-state index contributed by atoms with van der Waals surface area (Å²) in [6.07, 6.45) is 0. The zero-order chi connectivity index (χ0) is 32.9. The van der Waals surface area contributed by atoms with Crippen LogP contribution in [-0.4, -0.2) is 4.57 Å². The van der Waals surface area contributed by atoms with E-state index in [1.807, 2.05) is 42.5 Å². The van der Waals surface area contributed by atoms with E-state index < -0.39 is 0 Å². The quantitative estimate of drug-likeness (QED) is 0.142. The van der Waals surface area contributed by atoms with Crippen LogP contribution >= 0.6 is 0 Å². The number of para-hydroxylation sites is 2. The van der Waals surface area contributed by atoms with E-state index in [1.165, 1.54) is 5.56 Å². The van der Waals surface area contributed by atoms with Crippen LogP contribution in [0.15, 0.2) is 164 Å². The highest BCUT2D eigenvalue weighted by molar-refractivity contribution is 6.22. The molecule has 0 fully saturated rings. The van der Waals surface area contributed by atoms with E-state index in [9.17, 15) is 5.26 Å². The molecule has 0 unspecified atom stereocenters. The van der Waals surface area contributed by atoms with Crippen molar-refractivity contribution in [3.05, 3.63) is 181 Å². The second kappa shape index (κ2) is 11.4. The second-order valence-corrected chi connectivity index (χ2v) is 12.3. The summed E-state index contributed by atoms with van der Waals surface area (Å²) in [6, 6.07) is 59.0. The Morgan fingerprint density at radius 1 is 0.469 bits per heavy atom. The molecule has 3 heteroatoms. The third-order valence-electron chi connectivity index (χ3n) is 9.64. The van der Waals surface area contributed by atoms with Crippen molar-refractivity contribution in [3.8, 4) is 45.1 Å². The molecular formula is C46H27N3. The maximum absolute atomic E-state index is 10.6. The van der Waals surface area contributed by atoms with Crippen molar-refractivity contribution in [2.45, 2.75) is 0 Å². The molecule has 0 amide bonds. The van der Waals surface area contributed by atoms with Gasteiger partial charge in [-0.25, -0.2) is 4.85 Å². The number of fused-ring (bicyclic) bond motifs is 5. The Labute approximate surface area is 284 Å². The van der Waals surface area contributed by atoms with Gasteiger partial charge in [0.15, 0.2) is 5.69 Å². The molecular weight excluding hydrogens is 595 g/mol. The van der Waals surface area contributed by atoms with E-state index in [4.69, 9.17) is 6.57 Å². The van der Waals surface area contributed by atoms with E-state index in [0.717, 1.165) is 76.9 Å². The van der Waals surface area contributed by atoms with Crippen LogP contribution in [0, 0.1) is 17.9 Å². The molecule has 0 aliphatic carbocycles. The average Bonchev–Trinajstić information content (AvgIpc) is 3.51. The average molecular weight is 622 g/mol. The molecule has 9 aromatic rings. The van der Waals surface area contributed by atoms with Crippen LogP contribution in [0.2, 0.25) is 0 Å². The summed E-state index contributed by atoms with van der Waals surface area (Å²) in [7, 11) is 0. The van der Waals surface area contributed by atoms with Crippen molar-refractivity contribution in [3.63, 3.8) is 0 Å². The molecule has 9 rings (SSSR count). The topological polar surface area (TPSA) is 33.1 Å². The fraction of sp³-hybridized carbons (Fsp3) is 0. The van der Waals surface area contributed by atoms with Gasteiger partial charge in [0.1, 0.15) is 6.07 Å². The highest BCUT2D eigenvalue weighted by atomic mass is 15.0. The Morgan fingerprint density at radius 2 is 1.00 bits per heavy atom. The lowest BCUT2D eigenvalue weighted by Crippen LogP contribution is -1.98. The Morgan fingerprint density at radius 3 is 1.57 bits per heavy atom. The van der Waals surface area contributed by atoms with Crippen molar-refractivity contribution < 1.29 is 0 Å². The van der Waals surface area contributed by atoms with Crippen LogP contribution in [0.1, 0.15) is 5.56 Å². The molecule has 49 heavy (non-hydrogen) atoms. The molecule has 0 saturated carbocycles. The van der Waals surface area contributed by atoms with Gasteiger partial charge in [-0.15, -0.1) is 0 Å². The van der Waals surface area contributed by atoms with Gasteiger partial charge in [-0.3, -0.25) is 0 Å². The third-order valence-corrected chi connectivity index (χ3v) is 9.64. The zero-order valence-electron chi connectivity index (χ0n) is 26.4. The highest BCUT2D eigenvalue weighted by Crippen LogP contribution is 2.47. The first kappa shape index (κ1) is 28.3. The lowest BCUT2D eigenvalue weighted by atomic mass is 9.83. The molecule has 3 nitrogen and oxygen atoms in total. The van der Waals surface area contributed by atoms with E-state index >= 15 is 0 Å². The largest absolute Gasteiger partial charge is 0.308 e. The van der Waals surface area contributed by atoms with Crippen molar-refractivity contribution in [1.29, 1.82) is 5.26 Å². The third kappa shape index (κ3) is 4.42. The standard InChI is InChI=1S/C46H27N3/c1-48-33-24-25-34(31-23-26-42(32(27-31)29-47)49-43-21-11-9-15-35(43)36-16-10-12-22-44(36)49)41(28-33)46-39-19-7-5-17-37(39)45(30-13-3-2-4-14-30)38-18-6-8-20-40(38)46/h2-28H. The Bertz CT molecular complexity index is 2740. The second-order valence-electron chi connectivity index (χ2n) is 12.3. The van der Waals surface area contributed by atoms with Gasteiger partial charge in [-0.05, 0) is 85.3 Å². The van der Waals surface area contributed by atoms with Crippen LogP contribution in [0.4, 0.5) is 5.69 Å². The van der Waals surface area contributed by atoms with E-state index in [-0.39, 0.29) is 0 Å². The summed E-state index contributed by atoms with van der Waals surface area (Å²) in [4.78, 5) is 3.85. The summed E-state index contributed by atoms with van der Waals surface area (Å²) in [5, 5.41) is 17.5. The molecule has 0 saturated heterocycles. The molecule has 1 heterocycles. The van der Waals surface area contributed by atoms with Crippen LogP contribution in [-0.2, 0) is 0 Å². The number of hydrogen-bond acceptors (Lipinski definition) is 1. The van der Waals surface area contributed by atoms with Gasteiger partial charge in [-0.2, -0.15) is 5.26 Å². The Balaban J connectivity index is 1.32. The van der Waals surface area contributed by atoms with Gasteiger partial charge >= 0.3 is 0 Å². The van der Waals surface area contributed by atoms with E-state index in [2.05, 4.69) is 137 Å². The smallest absolute Gasteiger partial charge is 0.187 e. The zero-order valence-corrected chi connectivity index (χ0v) is 26.4. The van der Waals surface area contributed by atoms with Crippen LogP contribution in [0.5, 0.6) is 0 Å². The molecule has 0 bridgehead atoms.